The van der Waals surface area contributed by atoms with Crippen LogP contribution >= 0.6 is 23.4 Å². The molecule has 2 N–H and O–H groups in total. The Morgan fingerprint density at radius 1 is 1.14 bits per heavy atom. The molecule has 0 bridgehead atoms. The number of halogens is 1. The van der Waals surface area contributed by atoms with Gasteiger partial charge in [-0.3, -0.25) is 14.5 Å². The fourth-order valence-corrected chi connectivity index (χ4v) is 5.00. The third-order valence-electron chi connectivity index (χ3n) is 5.35. The van der Waals surface area contributed by atoms with Crippen molar-refractivity contribution in [2.75, 3.05) is 18.4 Å². The number of anilines is 1. The van der Waals surface area contributed by atoms with Crippen LogP contribution in [0.15, 0.2) is 53.4 Å². The van der Waals surface area contributed by atoms with Crippen molar-refractivity contribution >= 4 is 40.9 Å². The van der Waals surface area contributed by atoms with Crippen LogP contribution in [0.25, 0.3) is 0 Å². The third kappa shape index (κ3) is 5.32. The number of fused-ring (bicyclic) bond motifs is 1. The summed E-state index contributed by atoms with van der Waals surface area (Å²) < 4.78 is 0. The molecule has 0 saturated carbocycles. The van der Waals surface area contributed by atoms with Gasteiger partial charge in [0.05, 0.1) is 10.9 Å². The van der Waals surface area contributed by atoms with Gasteiger partial charge in [0.1, 0.15) is 0 Å². The first-order valence-corrected chi connectivity index (χ1v) is 11.2. The predicted molar refractivity (Wildman–Crippen MR) is 117 cm³/mol. The minimum absolute atomic E-state index is 0.0480. The van der Waals surface area contributed by atoms with Gasteiger partial charge >= 0.3 is 0 Å². The molecule has 1 fully saturated rings. The molecule has 0 aromatic heterocycles. The van der Waals surface area contributed by atoms with Crippen molar-refractivity contribution < 1.29 is 9.59 Å². The number of hydrogen-bond acceptors (Lipinski definition) is 4. The Hall–Kier alpha value is -2.02. The molecule has 1 saturated heterocycles. The van der Waals surface area contributed by atoms with Gasteiger partial charge in [-0.1, -0.05) is 35.9 Å². The minimum atomic E-state index is -0.380. The average molecular weight is 430 g/mol. The first-order chi connectivity index (χ1) is 14.1. The zero-order valence-electron chi connectivity index (χ0n) is 16.1. The van der Waals surface area contributed by atoms with E-state index in [-0.39, 0.29) is 29.5 Å². The van der Waals surface area contributed by atoms with Crippen molar-refractivity contribution in [3.05, 3.63) is 59.1 Å². The molecule has 2 heterocycles. The van der Waals surface area contributed by atoms with Crippen molar-refractivity contribution in [1.82, 2.24) is 10.2 Å². The Labute approximate surface area is 180 Å². The maximum Gasteiger partial charge on any atom is 0.238 e. The van der Waals surface area contributed by atoms with E-state index in [1.165, 1.54) is 17.3 Å². The van der Waals surface area contributed by atoms with E-state index in [9.17, 15) is 9.59 Å². The van der Waals surface area contributed by atoms with Gasteiger partial charge in [0.15, 0.2) is 0 Å². The first kappa shape index (κ1) is 20.3. The molecule has 2 amide bonds. The molecule has 7 heteroatoms. The van der Waals surface area contributed by atoms with Crippen LogP contribution in [0.2, 0.25) is 5.02 Å². The number of amides is 2. The molecule has 0 spiro atoms. The summed E-state index contributed by atoms with van der Waals surface area (Å²) in [5, 5.41) is 6.40. The molecular weight excluding hydrogens is 406 g/mol. The number of piperidine rings is 1. The number of carbonyl (C=O) groups is 2. The number of rotatable bonds is 5. The summed E-state index contributed by atoms with van der Waals surface area (Å²) >= 11 is 7.41. The number of nitrogens with zero attached hydrogens (tertiary/aromatic N) is 1. The first-order valence-electron chi connectivity index (χ1n) is 9.89. The highest BCUT2D eigenvalue weighted by Crippen LogP contribution is 2.36. The fourth-order valence-electron chi connectivity index (χ4n) is 3.77. The highest BCUT2D eigenvalue weighted by Gasteiger charge is 2.30. The van der Waals surface area contributed by atoms with E-state index < -0.39 is 0 Å². The van der Waals surface area contributed by atoms with Crippen molar-refractivity contribution in [3.8, 4) is 0 Å². The van der Waals surface area contributed by atoms with Gasteiger partial charge in [-0.2, -0.15) is 0 Å². The normalized spacial score (nSPS) is 20.0. The maximum atomic E-state index is 12.5. The smallest absolute Gasteiger partial charge is 0.238 e. The Bertz CT molecular complexity index is 882. The molecular formula is C22H24ClN3O2S. The SMILES string of the molecule is O=C(CC1Sc2ccccc2NC1=O)NC1CCN(Cc2ccc(Cl)cc2)CC1. The maximum absolute atomic E-state index is 12.5. The molecule has 2 aliphatic rings. The average Bonchev–Trinajstić information content (AvgIpc) is 2.72. The fraction of sp³-hybridized carbons (Fsp3) is 0.364. The molecule has 2 aliphatic heterocycles. The Morgan fingerprint density at radius 3 is 2.62 bits per heavy atom. The van der Waals surface area contributed by atoms with E-state index in [0.717, 1.165) is 48.1 Å². The van der Waals surface area contributed by atoms with Crippen molar-refractivity contribution in [2.24, 2.45) is 0 Å². The number of likely N-dealkylation sites (tertiary alicyclic amines) is 1. The van der Waals surface area contributed by atoms with Crippen LogP contribution in [-0.4, -0.2) is 41.1 Å². The Kier molecular flexibility index (Phi) is 6.43. The second-order valence-corrected chi connectivity index (χ2v) is 9.22. The lowest BCUT2D eigenvalue weighted by atomic mass is 10.0. The topological polar surface area (TPSA) is 61.4 Å². The molecule has 4 rings (SSSR count). The van der Waals surface area contributed by atoms with Gasteiger partial charge in [0.2, 0.25) is 11.8 Å². The van der Waals surface area contributed by atoms with Crippen LogP contribution in [0, 0.1) is 0 Å². The van der Waals surface area contributed by atoms with Crippen LogP contribution in [0.3, 0.4) is 0 Å². The summed E-state index contributed by atoms with van der Waals surface area (Å²) in [6.07, 6.45) is 2.05. The Balaban J connectivity index is 1.23. The number of nitrogens with one attached hydrogen (secondary N) is 2. The zero-order valence-corrected chi connectivity index (χ0v) is 17.6. The highest BCUT2D eigenvalue weighted by atomic mass is 35.5. The number of benzene rings is 2. The van der Waals surface area contributed by atoms with E-state index in [2.05, 4.69) is 27.7 Å². The highest BCUT2D eigenvalue weighted by molar-refractivity contribution is 8.01. The van der Waals surface area contributed by atoms with E-state index in [4.69, 9.17) is 11.6 Å². The van der Waals surface area contributed by atoms with Crippen LogP contribution in [0.4, 0.5) is 5.69 Å². The lowest BCUT2D eigenvalue weighted by Gasteiger charge is -2.32. The predicted octanol–water partition coefficient (Wildman–Crippen LogP) is 3.92. The van der Waals surface area contributed by atoms with Gasteiger partial charge in [-0.15, -0.1) is 11.8 Å². The minimum Gasteiger partial charge on any atom is -0.353 e. The van der Waals surface area contributed by atoms with Gasteiger partial charge < -0.3 is 10.6 Å². The second-order valence-electron chi connectivity index (χ2n) is 7.54. The molecule has 0 radical (unpaired) electrons. The Morgan fingerprint density at radius 2 is 1.86 bits per heavy atom. The molecule has 29 heavy (non-hydrogen) atoms. The summed E-state index contributed by atoms with van der Waals surface area (Å²) in [5.74, 6) is -0.144. The summed E-state index contributed by atoms with van der Waals surface area (Å²) in [6, 6.07) is 15.8. The zero-order chi connectivity index (χ0) is 20.2. The van der Waals surface area contributed by atoms with Crippen molar-refractivity contribution in [1.29, 1.82) is 0 Å². The van der Waals surface area contributed by atoms with Gasteiger partial charge in [-0.25, -0.2) is 0 Å². The summed E-state index contributed by atoms with van der Waals surface area (Å²) in [7, 11) is 0. The van der Waals surface area contributed by atoms with Gasteiger partial charge in [-0.05, 0) is 42.7 Å². The summed E-state index contributed by atoms with van der Waals surface area (Å²) in [5.41, 5.74) is 2.07. The number of para-hydroxylation sites is 1. The molecule has 1 atom stereocenters. The van der Waals surface area contributed by atoms with Crippen molar-refractivity contribution in [3.63, 3.8) is 0 Å². The number of hydrogen-bond donors (Lipinski definition) is 2. The van der Waals surface area contributed by atoms with Crippen LogP contribution in [0.1, 0.15) is 24.8 Å². The van der Waals surface area contributed by atoms with E-state index in [1.807, 2.05) is 36.4 Å². The molecule has 2 aromatic carbocycles. The van der Waals surface area contributed by atoms with Crippen LogP contribution in [0.5, 0.6) is 0 Å². The molecule has 5 nitrogen and oxygen atoms in total. The number of thioether (sulfide) groups is 1. The van der Waals surface area contributed by atoms with E-state index in [0.29, 0.717) is 0 Å². The second kappa shape index (κ2) is 9.20. The standard InChI is InChI=1S/C22H24ClN3O2S/c23-16-7-5-15(6-8-16)14-26-11-9-17(10-12-26)24-21(27)13-20-22(28)25-18-3-1-2-4-19(18)29-20/h1-8,17,20H,9-14H2,(H,24,27)(H,25,28). The van der Waals surface area contributed by atoms with Crippen LogP contribution < -0.4 is 10.6 Å². The van der Waals surface area contributed by atoms with Gasteiger partial charge in [0.25, 0.3) is 0 Å². The summed E-state index contributed by atoms with van der Waals surface area (Å²) in [6.45, 7) is 2.79. The lowest BCUT2D eigenvalue weighted by Crippen LogP contribution is -2.45. The number of carbonyl (C=O) groups excluding carboxylic acids is 2. The monoisotopic (exact) mass is 429 g/mol. The quantitative estimate of drug-likeness (QED) is 0.756. The molecule has 0 aliphatic carbocycles. The van der Waals surface area contributed by atoms with E-state index >= 15 is 0 Å². The largest absolute Gasteiger partial charge is 0.353 e. The molecule has 2 aromatic rings. The van der Waals surface area contributed by atoms with Gasteiger partial charge in [0, 0.05) is 42.0 Å². The summed E-state index contributed by atoms with van der Waals surface area (Å²) in [4.78, 5) is 28.2. The molecule has 1 unspecified atom stereocenters. The lowest BCUT2D eigenvalue weighted by molar-refractivity contribution is -0.124. The van der Waals surface area contributed by atoms with Crippen LogP contribution in [-0.2, 0) is 16.1 Å². The molecule has 152 valence electrons. The van der Waals surface area contributed by atoms with Crippen molar-refractivity contribution in [2.45, 2.75) is 42.0 Å². The third-order valence-corrected chi connectivity index (χ3v) is 6.88. The van der Waals surface area contributed by atoms with E-state index in [1.54, 1.807) is 0 Å².